The molecule has 0 spiro atoms. The molecular weight excluding hydrogens is 446 g/mol. The Morgan fingerprint density at radius 1 is 1.23 bits per heavy atom. The molecule has 4 rings (SSSR count). The molecule has 1 aromatic heterocycles. The number of benzene rings is 2. The minimum absolute atomic E-state index is 0.0908. The van der Waals surface area contributed by atoms with E-state index in [2.05, 4.69) is 15.6 Å². The number of carbonyl (C=O) groups excluding carboxylic acids is 1. The van der Waals surface area contributed by atoms with Crippen LogP contribution < -0.4 is 10.2 Å². The number of rotatable bonds is 6. The number of amides is 1. The molecule has 0 bridgehead atoms. The molecule has 1 N–H and O–H groups in total. The molecule has 1 amide bonds. The number of hydrogen-bond acceptors (Lipinski definition) is 7. The summed E-state index contributed by atoms with van der Waals surface area (Å²) in [5, 5.41) is 11.0. The number of ether oxygens (including phenoxy) is 1. The van der Waals surface area contributed by atoms with E-state index in [1.165, 1.54) is 16.4 Å². The molecule has 0 saturated carbocycles. The zero-order valence-electron chi connectivity index (χ0n) is 16.6. The van der Waals surface area contributed by atoms with Crippen LogP contribution in [0.3, 0.4) is 0 Å². The van der Waals surface area contributed by atoms with Crippen molar-refractivity contribution in [3.8, 4) is 0 Å². The van der Waals surface area contributed by atoms with Gasteiger partial charge in [-0.05, 0) is 48.0 Å². The highest BCUT2D eigenvalue weighted by Gasteiger charge is 2.27. The lowest BCUT2D eigenvalue weighted by Crippen LogP contribution is -2.40. The van der Waals surface area contributed by atoms with E-state index in [4.69, 9.17) is 21.2 Å². The van der Waals surface area contributed by atoms with Gasteiger partial charge in [0.1, 0.15) is 11.0 Å². The number of hydrogen-bond donors (Lipinski definition) is 1. The first-order valence-corrected chi connectivity index (χ1v) is 11.3. The summed E-state index contributed by atoms with van der Waals surface area (Å²) in [4.78, 5) is 18.9. The van der Waals surface area contributed by atoms with Crippen LogP contribution in [0.25, 0.3) is 11.0 Å². The molecule has 0 atom stereocenters. The second kappa shape index (κ2) is 8.79. The monoisotopic (exact) mass is 465 g/mol. The Labute approximate surface area is 183 Å². The predicted octanol–water partition coefficient (Wildman–Crippen LogP) is 1.48. The van der Waals surface area contributed by atoms with Crippen LogP contribution in [0.5, 0.6) is 0 Å². The van der Waals surface area contributed by atoms with Crippen molar-refractivity contribution in [2.45, 2.75) is 11.8 Å². The van der Waals surface area contributed by atoms with Gasteiger partial charge in [-0.25, -0.2) is 8.42 Å². The summed E-state index contributed by atoms with van der Waals surface area (Å²) in [6.07, 6.45) is 0. The highest BCUT2D eigenvalue weighted by molar-refractivity contribution is 7.89. The third-order valence-corrected chi connectivity index (χ3v) is 6.92. The molecule has 12 heteroatoms. The summed E-state index contributed by atoms with van der Waals surface area (Å²) in [6.45, 7) is 2.77. The maximum Gasteiger partial charge on any atom is 0.265 e. The first-order valence-electron chi connectivity index (χ1n) is 9.47. The summed E-state index contributed by atoms with van der Waals surface area (Å²) in [5.41, 5.74) is 2.19. The van der Waals surface area contributed by atoms with Gasteiger partial charge in [0.2, 0.25) is 10.0 Å². The van der Waals surface area contributed by atoms with Crippen LogP contribution in [0.4, 0.5) is 5.69 Å². The maximum absolute atomic E-state index is 12.9. The van der Waals surface area contributed by atoms with Gasteiger partial charge in [0, 0.05) is 23.8 Å². The van der Waals surface area contributed by atoms with E-state index in [0.717, 1.165) is 10.4 Å². The van der Waals surface area contributed by atoms with Crippen molar-refractivity contribution in [1.82, 2.24) is 19.5 Å². The number of sulfonamides is 1. The summed E-state index contributed by atoms with van der Waals surface area (Å²) >= 11 is 5.97. The Morgan fingerprint density at radius 2 is 2.00 bits per heavy atom. The lowest BCUT2D eigenvalue weighted by molar-refractivity contribution is -0.121. The number of aromatic nitrogens is 3. The second-order valence-corrected chi connectivity index (χ2v) is 9.28. The molecular formula is C19H20ClN5O5S. The van der Waals surface area contributed by atoms with Crippen LogP contribution in [0.1, 0.15) is 5.56 Å². The summed E-state index contributed by atoms with van der Waals surface area (Å²) < 4.78 is 32.4. The summed E-state index contributed by atoms with van der Waals surface area (Å²) in [5.74, 6) is -0.425. The quantitative estimate of drug-likeness (QED) is 0.586. The molecule has 164 valence electrons. The molecule has 0 radical (unpaired) electrons. The van der Waals surface area contributed by atoms with Crippen LogP contribution in [0.2, 0.25) is 5.02 Å². The largest absolute Gasteiger partial charge is 0.385 e. The molecule has 2 aromatic carbocycles. The minimum atomic E-state index is -3.69. The normalized spacial score (nSPS) is 15.2. The number of carbonyl (C=O) groups is 1. The Morgan fingerprint density at radius 3 is 2.77 bits per heavy atom. The average Bonchev–Trinajstić information content (AvgIpc) is 3.18. The Kier molecular flexibility index (Phi) is 6.10. The number of nitrogens with one attached hydrogen (secondary N) is 1. The highest BCUT2D eigenvalue weighted by atomic mass is 35.5. The molecule has 10 nitrogen and oxygen atoms in total. The van der Waals surface area contributed by atoms with Gasteiger partial charge in [0.05, 0.1) is 18.1 Å². The lowest BCUT2D eigenvalue weighted by atomic mass is 10.2. The summed E-state index contributed by atoms with van der Waals surface area (Å²) in [7, 11) is -3.69. The van der Waals surface area contributed by atoms with Crippen molar-refractivity contribution in [1.29, 1.82) is 0 Å². The lowest BCUT2D eigenvalue weighted by Gasteiger charge is -2.26. The Bertz CT molecular complexity index is 1220. The molecule has 3 aromatic rings. The number of fused-ring (bicyclic) bond motifs is 1. The van der Waals surface area contributed by atoms with Crippen molar-refractivity contribution >= 4 is 44.3 Å². The van der Waals surface area contributed by atoms with Gasteiger partial charge in [-0.2, -0.15) is 4.31 Å². The fourth-order valence-electron chi connectivity index (χ4n) is 3.10. The topological polar surface area (TPSA) is 116 Å². The van der Waals surface area contributed by atoms with Gasteiger partial charge in [-0.3, -0.25) is 4.79 Å². The Hall–Kier alpha value is -2.73. The number of anilines is 1. The van der Waals surface area contributed by atoms with Crippen molar-refractivity contribution in [3.05, 3.63) is 47.0 Å². The molecule has 1 aliphatic heterocycles. The van der Waals surface area contributed by atoms with Crippen molar-refractivity contribution in [2.75, 3.05) is 38.2 Å². The van der Waals surface area contributed by atoms with E-state index in [-0.39, 0.29) is 24.6 Å². The fourth-order valence-corrected chi connectivity index (χ4v) is 4.71. The minimum Gasteiger partial charge on any atom is -0.385 e. The Balaban J connectivity index is 1.50. The third kappa shape index (κ3) is 4.64. The van der Waals surface area contributed by atoms with Crippen LogP contribution in [0.15, 0.2) is 41.3 Å². The van der Waals surface area contributed by atoms with Gasteiger partial charge < -0.3 is 14.9 Å². The van der Waals surface area contributed by atoms with Gasteiger partial charge >= 0.3 is 0 Å². The van der Waals surface area contributed by atoms with E-state index in [0.29, 0.717) is 35.0 Å². The van der Waals surface area contributed by atoms with Crippen molar-refractivity contribution in [2.24, 2.45) is 0 Å². The second-order valence-electron chi connectivity index (χ2n) is 6.91. The third-order valence-electron chi connectivity index (χ3n) is 4.79. The van der Waals surface area contributed by atoms with Crippen LogP contribution >= 0.6 is 11.6 Å². The van der Waals surface area contributed by atoms with Crippen LogP contribution in [0, 0.1) is 6.92 Å². The first-order chi connectivity index (χ1) is 14.8. The van der Waals surface area contributed by atoms with Crippen molar-refractivity contribution < 1.29 is 22.8 Å². The van der Waals surface area contributed by atoms with Gasteiger partial charge in [0.25, 0.3) is 5.91 Å². The standard InChI is InChI=1S/C19H20ClN5O5S/c1-13-2-3-14(20)10-17(13)21-19(26)12-30-25-18-11-15(4-5-16(18)22-23-25)31(27,28)24-6-8-29-9-7-24/h2-5,10-11H,6-9,12H2,1H3,(H,21,26). The first kappa shape index (κ1) is 21.5. The molecule has 1 aliphatic rings. The van der Waals surface area contributed by atoms with E-state index >= 15 is 0 Å². The molecule has 1 saturated heterocycles. The average molecular weight is 466 g/mol. The molecule has 31 heavy (non-hydrogen) atoms. The number of nitrogens with zero attached hydrogens (tertiary/aromatic N) is 4. The van der Waals surface area contributed by atoms with Gasteiger partial charge in [0.15, 0.2) is 6.61 Å². The molecule has 0 unspecified atom stereocenters. The summed E-state index contributed by atoms with van der Waals surface area (Å²) in [6, 6.07) is 9.61. The highest BCUT2D eigenvalue weighted by Crippen LogP contribution is 2.22. The predicted molar refractivity (Wildman–Crippen MR) is 113 cm³/mol. The van der Waals surface area contributed by atoms with Crippen LogP contribution in [-0.4, -0.2) is 66.7 Å². The van der Waals surface area contributed by atoms with E-state index in [1.807, 2.05) is 6.92 Å². The zero-order valence-corrected chi connectivity index (χ0v) is 18.2. The van der Waals surface area contributed by atoms with E-state index in [1.54, 1.807) is 24.3 Å². The maximum atomic E-state index is 12.9. The van der Waals surface area contributed by atoms with Crippen LogP contribution in [-0.2, 0) is 19.6 Å². The molecule has 1 fully saturated rings. The fraction of sp³-hybridized carbons (Fsp3) is 0.316. The number of halogens is 1. The molecule has 0 aliphatic carbocycles. The van der Waals surface area contributed by atoms with Crippen molar-refractivity contribution in [3.63, 3.8) is 0 Å². The molecule has 2 heterocycles. The smallest absolute Gasteiger partial charge is 0.265 e. The van der Waals surface area contributed by atoms with Gasteiger partial charge in [-0.1, -0.05) is 22.5 Å². The van der Waals surface area contributed by atoms with E-state index in [9.17, 15) is 13.2 Å². The van der Waals surface area contributed by atoms with E-state index < -0.39 is 15.9 Å². The SMILES string of the molecule is Cc1ccc(Cl)cc1NC(=O)COn1nnc2ccc(S(=O)(=O)N3CCOCC3)cc21. The van der Waals surface area contributed by atoms with Gasteiger partial charge in [-0.15, -0.1) is 5.10 Å². The number of morpholine rings is 1. The zero-order chi connectivity index (χ0) is 22.0. The number of aryl methyl sites for hydroxylation is 1.